The van der Waals surface area contributed by atoms with Gasteiger partial charge in [-0.25, -0.2) is 9.97 Å². The second-order valence-electron chi connectivity index (χ2n) is 8.38. The molecule has 2 fully saturated rings. The molecule has 0 radical (unpaired) electrons. The van der Waals surface area contributed by atoms with Crippen LogP contribution in [0.1, 0.15) is 61.1 Å². The molecule has 0 spiro atoms. The summed E-state index contributed by atoms with van der Waals surface area (Å²) < 4.78 is 4.24. The summed E-state index contributed by atoms with van der Waals surface area (Å²) in [5.41, 5.74) is 6.47. The molecule has 3 heterocycles. The number of hydrogen-bond donors (Lipinski definition) is 3. The van der Waals surface area contributed by atoms with E-state index in [4.69, 9.17) is 5.73 Å². The zero-order valence-electron chi connectivity index (χ0n) is 17.8. The van der Waals surface area contributed by atoms with Gasteiger partial charge in [0.15, 0.2) is 11.5 Å². The van der Waals surface area contributed by atoms with Crippen LogP contribution in [0.15, 0.2) is 12.3 Å². The van der Waals surface area contributed by atoms with Gasteiger partial charge in [0.2, 0.25) is 5.91 Å². The number of carbonyl (C=O) groups excluding carboxylic acids is 2. The Labute approximate surface area is 186 Å². The smallest absolute Gasteiger partial charge is 0.271 e. The van der Waals surface area contributed by atoms with Crippen LogP contribution in [0, 0.1) is 12.8 Å². The molecule has 2 aromatic heterocycles. The van der Waals surface area contributed by atoms with Gasteiger partial charge in [-0.2, -0.15) is 4.37 Å². The van der Waals surface area contributed by atoms with E-state index in [1.165, 1.54) is 18.0 Å². The highest BCUT2D eigenvalue weighted by Gasteiger charge is 2.27. The molecule has 9 nitrogen and oxygen atoms in total. The van der Waals surface area contributed by atoms with Crippen molar-refractivity contribution in [2.24, 2.45) is 11.7 Å². The van der Waals surface area contributed by atoms with Gasteiger partial charge in [0, 0.05) is 25.0 Å². The van der Waals surface area contributed by atoms with Crippen molar-refractivity contribution in [3.63, 3.8) is 0 Å². The lowest BCUT2D eigenvalue weighted by molar-refractivity contribution is -0.126. The normalized spacial score (nSPS) is 19.8. The third-order valence-corrected chi connectivity index (χ3v) is 6.73. The molecule has 2 aliphatic rings. The van der Waals surface area contributed by atoms with E-state index in [-0.39, 0.29) is 23.6 Å². The molecule has 4 N–H and O–H groups in total. The summed E-state index contributed by atoms with van der Waals surface area (Å²) in [6, 6.07) is 1.96. The summed E-state index contributed by atoms with van der Waals surface area (Å²) in [6.07, 6.45) is 8.99. The first kappa shape index (κ1) is 21.5. The minimum atomic E-state index is -0.640. The zero-order valence-corrected chi connectivity index (χ0v) is 18.6. The van der Waals surface area contributed by atoms with Gasteiger partial charge in [-0.05, 0) is 50.2 Å². The van der Waals surface area contributed by atoms with E-state index in [9.17, 15) is 9.59 Å². The molecule has 0 bridgehead atoms. The van der Waals surface area contributed by atoms with Gasteiger partial charge < -0.3 is 21.3 Å². The van der Waals surface area contributed by atoms with Gasteiger partial charge in [-0.3, -0.25) is 9.59 Å². The number of nitrogens with zero attached hydrogens (tertiary/aromatic N) is 4. The second kappa shape index (κ2) is 9.59. The maximum atomic E-state index is 12.7. The first-order valence-electron chi connectivity index (χ1n) is 10.9. The lowest BCUT2D eigenvalue weighted by Crippen LogP contribution is -2.49. The van der Waals surface area contributed by atoms with Crippen LogP contribution in [0.4, 0.5) is 16.6 Å². The minimum Gasteiger partial charge on any atom is -0.364 e. The average Bonchev–Trinajstić information content (AvgIpc) is 3.19. The predicted molar refractivity (Wildman–Crippen MR) is 121 cm³/mol. The topological polar surface area (TPSA) is 126 Å². The van der Waals surface area contributed by atoms with Crippen molar-refractivity contribution in [3.05, 3.63) is 23.7 Å². The van der Waals surface area contributed by atoms with E-state index >= 15 is 0 Å². The van der Waals surface area contributed by atoms with Crippen molar-refractivity contribution >= 4 is 40.0 Å². The van der Waals surface area contributed by atoms with E-state index < -0.39 is 5.91 Å². The Balaban J connectivity index is 1.46. The summed E-state index contributed by atoms with van der Waals surface area (Å²) in [7, 11) is 0. The maximum absolute atomic E-state index is 12.7. The number of anilines is 3. The fraction of sp³-hybridized carbons (Fsp3) is 0.571. The summed E-state index contributed by atoms with van der Waals surface area (Å²) in [6.45, 7) is 3.38. The van der Waals surface area contributed by atoms with Gasteiger partial charge in [0.1, 0.15) is 10.8 Å². The number of aryl methyl sites for hydroxylation is 1. The molecule has 0 aromatic carbocycles. The number of primary amides is 1. The van der Waals surface area contributed by atoms with Gasteiger partial charge in [-0.15, -0.1) is 0 Å². The molecule has 10 heteroatoms. The molecule has 1 saturated carbocycles. The van der Waals surface area contributed by atoms with Crippen molar-refractivity contribution < 1.29 is 9.59 Å². The second-order valence-corrected chi connectivity index (χ2v) is 9.18. The van der Waals surface area contributed by atoms with Gasteiger partial charge in [0.05, 0.1) is 11.9 Å². The molecule has 1 aliphatic heterocycles. The number of nitrogens with two attached hydrogens (primary N) is 1. The third kappa shape index (κ3) is 5.30. The standard InChI is InChI=1S/C21H29N7O2S/c1-13-10-17(31-27-13)26-20-18(19(22)29)23-11-16(25-20)28-9-5-8-15(12-28)24-21(30)14-6-3-2-4-7-14/h10-11,14-15H,2-9,12H2,1H3,(H2,22,29)(H,24,30)(H,25,26). The predicted octanol–water partition coefficient (Wildman–Crippen LogP) is 2.75. The maximum Gasteiger partial charge on any atom is 0.271 e. The number of hydrogen-bond acceptors (Lipinski definition) is 8. The van der Waals surface area contributed by atoms with Crippen molar-refractivity contribution in [1.29, 1.82) is 0 Å². The first-order valence-corrected chi connectivity index (χ1v) is 11.7. The minimum absolute atomic E-state index is 0.0846. The largest absolute Gasteiger partial charge is 0.364 e. The monoisotopic (exact) mass is 443 g/mol. The summed E-state index contributed by atoms with van der Waals surface area (Å²) in [5, 5.41) is 7.14. The van der Waals surface area contributed by atoms with Crippen LogP contribution in [-0.2, 0) is 4.79 Å². The highest BCUT2D eigenvalue weighted by atomic mass is 32.1. The quantitative estimate of drug-likeness (QED) is 0.626. The summed E-state index contributed by atoms with van der Waals surface area (Å²) in [4.78, 5) is 35.5. The van der Waals surface area contributed by atoms with Crippen LogP contribution in [-0.4, -0.2) is 45.3 Å². The third-order valence-electron chi connectivity index (χ3n) is 5.93. The van der Waals surface area contributed by atoms with Gasteiger partial charge in [0.25, 0.3) is 5.91 Å². The number of rotatable bonds is 6. The Morgan fingerprint density at radius 3 is 2.71 bits per heavy atom. The number of carbonyl (C=O) groups is 2. The van der Waals surface area contributed by atoms with Crippen molar-refractivity contribution in [2.45, 2.75) is 57.9 Å². The Morgan fingerprint density at radius 2 is 2.00 bits per heavy atom. The summed E-state index contributed by atoms with van der Waals surface area (Å²) in [5.74, 6) is 0.675. The number of amides is 2. The number of nitrogens with one attached hydrogen (secondary N) is 2. The van der Waals surface area contributed by atoms with Crippen LogP contribution in [0.5, 0.6) is 0 Å². The lowest BCUT2D eigenvalue weighted by Gasteiger charge is -2.35. The van der Waals surface area contributed by atoms with Crippen LogP contribution in [0.25, 0.3) is 0 Å². The number of aromatic nitrogens is 3. The number of piperidine rings is 1. The van der Waals surface area contributed by atoms with Crippen LogP contribution in [0.2, 0.25) is 0 Å². The van der Waals surface area contributed by atoms with Crippen molar-refractivity contribution in [3.8, 4) is 0 Å². The zero-order chi connectivity index (χ0) is 21.8. The molecule has 31 heavy (non-hydrogen) atoms. The van der Waals surface area contributed by atoms with Crippen LogP contribution >= 0.6 is 11.5 Å². The fourth-order valence-corrected chi connectivity index (χ4v) is 4.99. The highest BCUT2D eigenvalue weighted by molar-refractivity contribution is 7.10. The van der Waals surface area contributed by atoms with Crippen molar-refractivity contribution in [1.82, 2.24) is 19.7 Å². The molecule has 2 amide bonds. The van der Waals surface area contributed by atoms with Gasteiger partial charge >= 0.3 is 0 Å². The van der Waals surface area contributed by atoms with E-state index in [1.807, 2.05) is 13.0 Å². The summed E-state index contributed by atoms with van der Waals surface area (Å²) >= 11 is 1.28. The molecule has 4 rings (SSSR count). The van der Waals surface area contributed by atoms with Crippen LogP contribution < -0.4 is 21.3 Å². The Kier molecular flexibility index (Phi) is 6.64. The molecule has 1 atom stereocenters. The molecular weight excluding hydrogens is 414 g/mol. The lowest BCUT2D eigenvalue weighted by atomic mass is 9.88. The average molecular weight is 444 g/mol. The van der Waals surface area contributed by atoms with Gasteiger partial charge in [-0.1, -0.05) is 19.3 Å². The molecule has 166 valence electrons. The van der Waals surface area contributed by atoms with E-state index in [1.54, 1.807) is 6.20 Å². The molecule has 2 aromatic rings. The fourth-order valence-electron chi connectivity index (χ4n) is 4.33. The Hall–Kier alpha value is -2.75. The van der Waals surface area contributed by atoms with E-state index in [2.05, 4.69) is 29.9 Å². The van der Waals surface area contributed by atoms with Crippen LogP contribution in [0.3, 0.4) is 0 Å². The first-order chi connectivity index (χ1) is 15.0. The van der Waals surface area contributed by atoms with E-state index in [0.29, 0.717) is 18.2 Å². The molecule has 1 aliphatic carbocycles. The van der Waals surface area contributed by atoms with E-state index in [0.717, 1.165) is 55.8 Å². The Morgan fingerprint density at radius 1 is 1.19 bits per heavy atom. The SMILES string of the molecule is Cc1cc(Nc2nc(N3CCCC(NC(=O)C4CCCCC4)C3)cnc2C(N)=O)sn1. The molecule has 1 saturated heterocycles. The Bertz CT molecular complexity index is 942. The van der Waals surface area contributed by atoms with Crippen molar-refractivity contribution in [2.75, 3.05) is 23.3 Å². The highest BCUT2D eigenvalue weighted by Crippen LogP contribution is 2.27. The molecular formula is C21H29N7O2S. The molecule has 1 unspecified atom stereocenters.